The smallest absolute Gasteiger partial charge is 0.256 e. The van der Waals surface area contributed by atoms with Gasteiger partial charge in [0.1, 0.15) is 6.04 Å². The number of benzene rings is 1. The van der Waals surface area contributed by atoms with E-state index in [1.807, 2.05) is 25.1 Å². The maximum Gasteiger partial charge on any atom is 0.256 e. The van der Waals surface area contributed by atoms with Crippen LogP contribution in [0.2, 0.25) is 5.02 Å². The van der Waals surface area contributed by atoms with Gasteiger partial charge in [0.25, 0.3) is 5.91 Å². The van der Waals surface area contributed by atoms with Crippen LogP contribution in [0.15, 0.2) is 12.1 Å². The Morgan fingerprint density at radius 2 is 2.00 bits per heavy atom. The Labute approximate surface area is 133 Å². The van der Waals surface area contributed by atoms with Gasteiger partial charge >= 0.3 is 0 Å². The number of carbonyl (C=O) groups excluding carboxylic acids is 3. The second kappa shape index (κ2) is 5.28. The number of rotatable bonds is 2. The lowest BCUT2D eigenvalue weighted by Crippen LogP contribution is -2.52. The molecular formula is C15H16ClN3O3. The number of carbonyl (C=O) groups is 3. The number of anilines is 1. The number of hydrogen-bond acceptors (Lipinski definition) is 4. The standard InChI is InChI=1S/C15H16ClN3O3/c1-18(2)9-5-8-7-19(15(22)13(8)10(16)6-9)11-3-4-12(20)17-14(11)21/h5-6,11H,3-4,7H2,1-2H3,(H,17,20,21). The third-order valence-electron chi connectivity index (χ3n) is 4.07. The van der Waals surface area contributed by atoms with Crippen molar-refractivity contribution in [1.29, 1.82) is 0 Å². The Morgan fingerprint density at radius 1 is 1.27 bits per heavy atom. The minimum Gasteiger partial charge on any atom is -0.378 e. The van der Waals surface area contributed by atoms with Gasteiger partial charge in [0, 0.05) is 32.7 Å². The number of hydrogen-bond donors (Lipinski definition) is 1. The molecule has 1 unspecified atom stereocenters. The Balaban J connectivity index is 1.92. The maximum absolute atomic E-state index is 12.6. The van der Waals surface area contributed by atoms with E-state index in [9.17, 15) is 14.4 Å². The molecule has 1 fully saturated rings. The Kier molecular flexibility index (Phi) is 3.56. The summed E-state index contributed by atoms with van der Waals surface area (Å²) < 4.78 is 0. The summed E-state index contributed by atoms with van der Waals surface area (Å²) in [4.78, 5) is 39.2. The minimum atomic E-state index is -0.614. The molecule has 2 aliphatic rings. The Hall–Kier alpha value is -2.08. The molecule has 7 heteroatoms. The van der Waals surface area contributed by atoms with Gasteiger partial charge in [-0.05, 0) is 24.1 Å². The molecule has 3 rings (SSSR count). The SMILES string of the molecule is CN(C)c1cc(Cl)c2c(c1)CN(C1CCC(=O)NC1=O)C2=O. The molecule has 6 nitrogen and oxygen atoms in total. The summed E-state index contributed by atoms with van der Waals surface area (Å²) in [6.45, 7) is 0.335. The second-order valence-electron chi connectivity index (χ2n) is 5.76. The molecule has 0 saturated carbocycles. The van der Waals surface area contributed by atoms with E-state index in [2.05, 4.69) is 5.32 Å². The zero-order valence-corrected chi connectivity index (χ0v) is 13.1. The van der Waals surface area contributed by atoms with Gasteiger partial charge in [-0.25, -0.2) is 0 Å². The molecule has 1 aromatic carbocycles. The normalized spacial score (nSPS) is 21.0. The molecule has 1 N–H and O–H groups in total. The number of nitrogens with one attached hydrogen (secondary N) is 1. The topological polar surface area (TPSA) is 69.7 Å². The molecule has 3 amide bonds. The highest BCUT2D eigenvalue weighted by Crippen LogP contribution is 2.35. The zero-order valence-electron chi connectivity index (χ0n) is 12.4. The third-order valence-corrected chi connectivity index (χ3v) is 4.37. The lowest BCUT2D eigenvalue weighted by Gasteiger charge is -2.29. The highest BCUT2D eigenvalue weighted by atomic mass is 35.5. The molecule has 1 atom stereocenters. The molecule has 0 bridgehead atoms. The number of halogens is 1. The molecule has 0 spiro atoms. The first kappa shape index (κ1) is 14.8. The van der Waals surface area contributed by atoms with E-state index < -0.39 is 11.9 Å². The van der Waals surface area contributed by atoms with E-state index in [0.29, 0.717) is 23.6 Å². The lowest BCUT2D eigenvalue weighted by molar-refractivity contribution is -0.136. The van der Waals surface area contributed by atoms with Gasteiger partial charge in [-0.2, -0.15) is 0 Å². The molecule has 1 aromatic rings. The van der Waals surface area contributed by atoms with Gasteiger partial charge in [0.15, 0.2) is 0 Å². The second-order valence-corrected chi connectivity index (χ2v) is 6.16. The van der Waals surface area contributed by atoms with Crippen molar-refractivity contribution in [3.05, 3.63) is 28.3 Å². The van der Waals surface area contributed by atoms with Crippen molar-refractivity contribution < 1.29 is 14.4 Å². The predicted octanol–water partition coefficient (Wildman–Crippen LogP) is 1.17. The van der Waals surface area contributed by atoms with E-state index in [0.717, 1.165) is 11.3 Å². The van der Waals surface area contributed by atoms with Crippen LogP contribution in [0.1, 0.15) is 28.8 Å². The van der Waals surface area contributed by atoms with E-state index in [-0.39, 0.29) is 18.2 Å². The van der Waals surface area contributed by atoms with Gasteiger partial charge in [-0.1, -0.05) is 11.6 Å². The first-order chi connectivity index (χ1) is 10.4. The summed E-state index contributed by atoms with van der Waals surface area (Å²) in [6.07, 6.45) is 0.593. The summed E-state index contributed by atoms with van der Waals surface area (Å²) in [5.41, 5.74) is 2.17. The molecule has 0 radical (unpaired) electrons. The quantitative estimate of drug-likeness (QED) is 0.830. The summed E-state index contributed by atoms with van der Waals surface area (Å²) >= 11 is 6.25. The van der Waals surface area contributed by atoms with Crippen molar-refractivity contribution >= 4 is 35.0 Å². The maximum atomic E-state index is 12.6. The Bertz CT molecular complexity index is 687. The molecule has 22 heavy (non-hydrogen) atoms. The van der Waals surface area contributed by atoms with Crippen molar-refractivity contribution in [3.63, 3.8) is 0 Å². The van der Waals surface area contributed by atoms with Crippen molar-refractivity contribution in [3.8, 4) is 0 Å². The number of imide groups is 1. The van der Waals surface area contributed by atoms with Crippen LogP contribution in [0.3, 0.4) is 0 Å². The molecule has 116 valence electrons. The van der Waals surface area contributed by atoms with Gasteiger partial charge in [0.2, 0.25) is 11.8 Å². The number of amides is 3. The lowest BCUT2D eigenvalue weighted by atomic mass is 10.0. The van der Waals surface area contributed by atoms with Crippen LogP contribution in [0, 0.1) is 0 Å². The molecule has 1 saturated heterocycles. The molecular weight excluding hydrogens is 306 g/mol. The van der Waals surface area contributed by atoms with Gasteiger partial charge in [-0.15, -0.1) is 0 Å². The number of nitrogens with zero attached hydrogens (tertiary/aromatic N) is 2. The first-order valence-corrected chi connectivity index (χ1v) is 7.40. The van der Waals surface area contributed by atoms with Gasteiger partial charge in [-0.3, -0.25) is 19.7 Å². The number of piperidine rings is 1. The van der Waals surface area contributed by atoms with Gasteiger partial charge < -0.3 is 9.80 Å². The molecule has 0 aromatic heterocycles. The molecule has 0 aliphatic carbocycles. The summed E-state index contributed by atoms with van der Waals surface area (Å²) in [5.74, 6) is -0.959. The molecule has 2 aliphatic heterocycles. The summed E-state index contributed by atoms with van der Waals surface area (Å²) in [6, 6.07) is 3.04. The number of fused-ring (bicyclic) bond motifs is 1. The zero-order chi connectivity index (χ0) is 16.0. The van der Waals surface area contributed by atoms with Crippen LogP contribution in [0.5, 0.6) is 0 Å². The fourth-order valence-corrected chi connectivity index (χ4v) is 3.21. The monoisotopic (exact) mass is 321 g/mol. The van der Waals surface area contributed by atoms with E-state index in [1.165, 1.54) is 4.90 Å². The van der Waals surface area contributed by atoms with Crippen molar-refractivity contribution in [2.24, 2.45) is 0 Å². The highest BCUT2D eigenvalue weighted by molar-refractivity contribution is 6.34. The van der Waals surface area contributed by atoms with Crippen LogP contribution in [0.4, 0.5) is 5.69 Å². The van der Waals surface area contributed by atoms with Crippen LogP contribution in [-0.4, -0.2) is 42.8 Å². The van der Waals surface area contributed by atoms with Crippen LogP contribution in [0.25, 0.3) is 0 Å². The van der Waals surface area contributed by atoms with E-state index in [1.54, 1.807) is 6.07 Å². The van der Waals surface area contributed by atoms with Crippen LogP contribution >= 0.6 is 11.6 Å². The van der Waals surface area contributed by atoms with E-state index in [4.69, 9.17) is 11.6 Å². The average Bonchev–Trinajstić information content (AvgIpc) is 2.76. The van der Waals surface area contributed by atoms with E-state index >= 15 is 0 Å². The Morgan fingerprint density at radius 3 is 2.64 bits per heavy atom. The van der Waals surface area contributed by atoms with Crippen molar-refractivity contribution in [2.45, 2.75) is 25.4 Å². The first-order valence-electron chi connectivity index (χ1n) is 7.03. The predicted molar refractivity (Wildman–Crippen MR) is 81.8 cm³/mol. The van der Waals surface area contributed by atoms with Crippen LogP contribution < -0.4 is 10.2 Å². The fraction of sp³-hybridized carbons (Fsp3) is 0.400. The third kappa shape index (κ3) is 2.33. The average molecular weight is 322 g/mol. The molecule has 2 heterocycles. The minimum absolute atomic E-state index is 0.243. The summed E-state index contributed by atoms with van der Waals surface area (Å²) in [5, 5.41) is 2.67. The highest BCUT2D eigenvalue weighted by Gasteiger charge is 2.40. The van der Waals surface area contributed by atoms with Crippen molar-refractivity contribution in [2.75, 3.05) is 19.0 Å². The van der Waals surface area contributed by atoms with Crippen LogP contribution in [-0.2, 0) is 16.1 Å². The largest absolute Gasteiger partial charge is 0.378 e. The fourth-order valence-electron chi connectivity index (χ4n) is 2.90. The van der Waals surface area contributed by atoms with Gasteiger partial charge in [0.05, 0.1) is 10.6 Å². The summed E-state index contributed by atoms with van der Waals surface area (Å²) in [7, 11) is 3.79. The van der Waals surface area contributed by atoms with Crippen molar-refractivity contribution in [1.82, 2.24) is 10.2 Å².